The highest BCUT2D eigenvalue weighted by Crippen LogP contribution is 2.63. The van der Waals surface area contributed by atoms with Crippen LogP contribution in [0.2, 0.25) is 10.0 Å². The zero-order valence-electron chi connectivity index (χ0n) is 16.6. The van der Waals surface area contributed by atoms with Crippen molar-refractivity contribution in [1.29, 1.82) is 0 Å². The molecule has 158 valence electrons. The normalized spacial score (nSPS) is 31.7. The van der Waals surface area contributed by atoms with Crippen molar-refractivity contribution in [3.63, 3.8) is 0 Å². The molecule has 4 aliphatic carbocycles. The van der Waals surface area contributed by atoms with Crippen LogP contribution in [0.3, 0.4) is 0 Å². The number of hydrogen-bond acceptors (Lipinski definition) is 4. The predicted octanol–water partition coefficient (Wildman–Crippen LogP) is 4.98. The van der Waals surface area contributed by atoms with Gasteiger partial charge in [-0.25, -0.2) is 4.68 Å². The number of aromatic nitrogens is 2. The molecule has 0 spiro atoms. The molecular formula is C22H23Cl2N3O3. The zero-order chi connectivity index (χ0) is 21.3. The van der Waals surface area contributed by atoms with E-state index >= 15 is 0 Å². The van der Waals surface area contributed by atoms with Gasteiger partial charge >= 0.3 is 5.97 Å². The monoisotopic (exact) mass is 447 g/mol. The van der Waals surface area contributed by atoms with Crippen molar-refractivity contribution < 1.29 is 9.90 Å². The lowest BCUT2D eigenvalue weighted by Gasteiger charge is -2.60. The Kier molecular flexibility index (Phi) is 4.46. The second-order valence-corrected chi connectivity index (χ2v) is 10.3. The number of nitrogens with zero attached hydrogens (tertiary/aromatic N) is 2. The number of carboxylic acids is 1. The quantitative estimate of drug-likeness (QED) is 0.689. The highest BCUT2D eigenvalue weighted by molar-refractivity contribution is 6.33. The van der Waals surface area contributed by atoms with Gasteiger partial charge in [0.05, 0.1) is 22.8 Å². The summed E-state index contributed by atoms with van der Waals surface area (Å²) >= 11 is 12.6. The van der Waals surface area contributed by atoms with Crippen LogP contribution in [0.5, 0.6) is 0 Å². The van der Waals surface area contributed by atoms with Gasteiger partial charge in [-0.3, -0.25) is 9.59 Å². The molecule has 4 fully saturated rings. The molecule has 0 radical (unpaired) electrons. The third-order valence-corrected chi connectivity index (χ3v) is 7.92. The Morgan fingerprint density at radius 2 is 1.90 bits per heavy atom. The molecule has 6 rings (SSSR count). The summed E-state index contributed by atoms with van der Waals surface area (Å²) in [6, 6.07) is 5.45. The van der Waals surface area contributed by atoms with E-state index < -0.39 is 16.9 Å². The van der Waals surface area contributed by atoms with Crippen LogP contribution in [0.15, 0.2) is 29.2 Å². The molecule has 1 heterocycles. The van der Waals surface area contributed by atoms with Gasteiger partial charge in [0.1, 0.15) is 5.02 Å². The van der Waals surface area contributed by atoms with Gasteiger partial charge in [0.2, 0.25) is 0 Å². The third kappa shape index (κ3) is 2.95. The molecule has 2 unspecified atom stereocenters. The summed E-state index contributed by atoms with van der Waals surface area (Å²) in [5.74, 6) is -0.0988. The van der Waals surface area contributed by atoms with E-state index in [2.05, 4.69) is 10.4 Å². The number of nitrogens with one attached hydrogen (secondary N) is 1. The minimum atomic E-state index is -0.744. The highest BCUT2D eigenvalue weighted by Gasteiger charge is 2.62. The zero-order valence-corrected chi connectivity index (χ0v) is 18.1. The minimum Gasteiger partial charge on any atom is -0.481 e. The number of halogens is 2. The smallest absolute Gasteiger partial charge is 0.309 e. The number of carboxylic acid groups (broad SMARTS) is 1. The van der Waals surface area contributed by atoms with Gasteiger partial charge in [0, 0.05) is 10.7 Å². The van der Waals surface area contributed by atoms with Crippen molar-refractivity contribution in [1.82, 2.24) is 9.78 Å². The van der Waals surface area contributed by atoms with Gasteiger partial charge in [-0.05, 0) is 75.0 Å². The van der Waals surface area contributed by atoms with Crippen LogP contribution in [-0.4, -0.2) is 20.9 Å². The molecule has 30 heavy (non-hydrogen) atoms. The molecule has 6 nitrogen and oxygen atoms in total. The van der Waals surface area contributed by atoms with E-state index in [0.717, 1.165) is 30.5 Å². The molecule has 0 amide bonds. The fraction of sp³-hybridized carbons (Fsp3) is 0.500. The number of aliphatic carboxylic acids is 1. The van der Waals surface area contributed by atoms with Crippen LogP contribution in [0, 0.1) is 24.2 Å². The van der Waals surface area contributed by atoms with Gasteiger partial charge in [-0.1, -0.05) is 29.3 Å². The topological polar surface area (TPSA) is 84.2 Å². The van der Waals surface area contributed by atoms with E-state index in [1.807, 2.05) is 13.0 Å². The molecule has 4 bridgehead atoms. The average molecular weight is 448 g/mol. The predicted molar refractivity (Wildman–Crippen MR) is 116 cm³/mol. The molecule has 1 aromatic heterocycles. The summed E-state index contributed by atoms with van der Waals surface area (Å²) in [6.07, 6.45) is 6.06. The highest BCUT2D eigenvalue weighted by atomic mass is 35.5. The number of hydrogen-bond donors (Lipinski definition) is 2. The average Bonchev–Trinajstić information content (AvgIpc) is 2.67. The number of aryl methyl sites for hydroxylation is 1. The van der Waals surface area contributed by atoms with Gasteiger partial charge in [0.25, 0.3) is 5.56 Å². The van der Waals surface area contributed by atoms with Crippen LogP contribution >= 0.6 is 23.2 Å². The Bertz CT molecular complexity index is 1100. The van der Waals surface area contributed by atoms with Gasteiger partial charge in [-0.15, -0.1) is 0 Å². The Balaban J connectivity index is 1.54. The maximum atomic E-state index is 13.3. The molecule has 2 aromatic rings. The van der Waals surface area contributed by atoms with E-state index in [1.165, 1.54) is 4.68 Å². The van der Waals surface area contributed by atoms with Crippen molar-refractivity contribution in [3.8, 4) is 0 Å². The number of benzene rings is 1. The van der Waals surface area contributed by atoms with Crippen LogP contribution in [0.4, 0.5) is 11.4 Å². The minimum absolute atomic E-state index is 0.0597. The molecule has 4 atom stereocenters. The maximum absolute atomic E-state index is 13.3. The van der Waals surface area contributed by atoms with E-state index in [1.54, 1.807) is 18.3 Å². The Hall–Kier alpha value is -2.05. The van der Waals surface area contributed by atoms with Gasteiger partial charge < -0.3 is 10.4 Å². The Morgan fingerprint density at radius 3 is 2.57 bits per heavy atom. The Morgan fingerprint density at radius 1 is 1.20 bits per heavy atom. The summed E-state index contributed by atoms with van der Waals surface area (Å²) in [5, 5.41) is 18.3. The Labute approximate surface area is 184 Å². The van der Waals surface area contributed by atoms with Gasteiger partial charge in [0.15, 0.2) is 0 Å². The fourth-order valence-electron chi connectivity index (χ4n) is 6.44. The molecular weight excluding hydrogens is 425 g/mol. The molecule has 4 saturated carbocycles. The first-order chi connectivity index (χ1) is 14.2. The van der Waals surface area contributed by atoms with Crippen molar-refractivity contribution in [2.75, 3.05) is 5.32 Å². The number of rotatable bonds is 4. The SMILES string of the molecule is Cc1ccc(Cl)cc1Nc1cnn(C23C[C@@H]4C[C@@H](CC(C(=O)O)(C4)C2)C3)c(=O)c1Cl. The lowest BCUT2D eigenvalue weighted by Crippen LogP contribution is -2.61. The molecule has 2 N–H and O–H groups in total. The lowest BCUT2D eigenvalue weighted by atomic mass is 9.47. The molecule has 0 saturated heterocycles. The summed E-state index contributed by atoms with van der Waals surface area (Å²) in [4.78, 5) is 25.4. The summed E-state index contributed by atoms with van der Waals surface area (Å²) in [6.45, 7) is 1.93. The first-order valence-corrected chi connectivity index (χ1v) is 11.0. The van der Waals surface area contributed by atoms with Crippen LogP contribution in [-0.2, 0) is 10.3 Å². The van der Waals surface area contributed by atoms with Crippen molar-refractivity contribution in [2.45, 2.75) is 51.0 Å². The van der Waals surface area contributed by atoms with E-state index in [4.69, 9.17) is 23.2 Å². The molecule has 1 aromatic carbocycles. The standard InChI is InChI=1S/C22H23Cl2N3O3/c1-12-2-3-15(23)5-16(12)26-17-10-25-27(19(28)18(17)24)22-8-13-4-14(9-22)7-21(6-13,11-22)20(29)30/h2-3,5,10,13-14,26H,4,6-9,11H2,1H3,(H,29,30)/t13-,14+,21?,22?. The first-order valence-electron chi connectivity index (χ1n) is 10.3. The maximum Gasteiger partial charge on any atom is 0.309 e. The van der Waals surface area contributed by atoms with Crippen molar-refractivity contribution >= 4 is 40.5 Å². The second-order valence-electron chi connectivity index (χ2n) is 9.44. The third-order valence-electron chi connectivity index (χ3n) is 7.32. The molecule has 4 aliphatic rings. The number of anilines is 2. The second kappa shape index (κ2) is 6.72. The van der Waals surface area contributed by atoms with Crippen LogP contribution in [0.25, 0.3) is 0 Å². The van der Waals surface area contributed by atoms with Gasteiger partial charge in [-0.2, -0.15) is 5.10 Å². The van der Waals surface area contributed by atoms with E-state index in [9.17, 15) is 14.7 Å². The first kappa shape index (κ1) is 19.9. The lowest BCUT2D eigenvalue weighted by molar-refractivity contribution is -0.173. The fourth-order valence-corrected chi connectivity index (χ4v) is 6.79. The summed E-state index contributed by atoms with van der Waals surface area (Å²) in [7, 11) is 0. The van der Waals surface area contributed by atoms with Crippen molar-refractivity contribution in [2.24, 2.45) is 17.3 Å². The van der Waals surface area contributed by atoms with Crippen LogP contribution in [0.1, 0.15) is 44.1 Å². The summed E-state index contributed by atoms with van der Waals surface area (Å²) < 4.78 is 1.49. The van der Waals surface area contributed by atoms with Crippen LogP contribution < -0.4 is 10.9 Å². The largest absolute Gasteiger partial charge is 0.481 e. The van der Waals surface area contributed by atoms with Crippen molar-refractivity contribution in [3.05, 3.63) is 50.4 Å². The number of carbonyl (C=O) groups is 1. The summed E-state index contributed by atoms with van der Waals surface area (Å²) in [5.41, 5.74) is 0.456. The van der Waals surface area contributed by atoms with E-state index in [-0.39, 0.29) is 10.6 Å². The molecule has 0 aliphatic heterocycles. The van der Waals surface area contributed by atoms with E-state index in [0.29, 0.717) is 41.8 Å². The molecule has 8 heteroatoms.